The minimum Gasteiger partial charge on any atom is -0.352 e. The van der Waals surface area contributed by atoms with Gasteiger partial charge in [0.1, 0.15) is 0 Å². The van der Waals surface area contributed by atoms with Crippen molar-refractivity contribution in [1.29, 1.82) is 0 Å². The van der Waals surface area contributed by atoms with E-state index < -0.39 is 10.0 Å². The van der Waals surface area contributed by atoms with E-state index in [1.165, 1.54) is 5.39 Å². The summed E-state index contributed by atoms with van der Waals surface area (Å²) in [6.45, 7) is 5.81. The van der Waals surface area contributed by atoms with Gasteiger partial charge in [-0.15, -0.1) is 10.2 Å². The van der Waals surface area contributed by atoms with Crippen molar-refractivity contribution in [3.05, 3.63) is 83.9 Å². The van der Waals surface area contributed by atoms with Gasteiger partial charge in [0.25, 0.3) is 0 Å². The molecule has 168 valence electrons. The Morgan fingerprint density at radius 1 is 0.788 bits per heavy atom. The number of fused-ring (bicyclic) bond motifs is 1. The molecule has 1 aliphatic rings. The van der Waals surface area contributed by atoms with Gasteiger partial charge < -0.3 is 4.90 Å². The maximum atomic E-state index is 13.2. The summed E-state index contributed by atoms with van der Waals surface area (Å²) in [4.78, 5) is 2.48. The molecule has 5 rings (SSSR count). The van der Waals surface area contributed by atoms with Crippen LogP contribution in [-0.2, 0) is 10.0 Å². The molecule has 1 saturated heterocycles. The summed E-state index contributed by atoms with van der Waals surface area (Å²) in [5, 5.41) is 11.3. The predicted molar refractivity (Wildman–Crippen MR) is 132 cm³/mol. The van der Waals surface area contributed by atoms with Crippen LogP contribution in [0.25, 0.3) is 22.0 Å². The Morgan fingerprint density at radius 2 is 1.55 bits per heavy atom. The first-order chi connectivity index (χ1) is 15.9. The van der Waals surface area contributed by atoms with E-state index in [0.717, 1.165) is 33.6 Å². The fraction of sp³-hybridized carbons (Fsp3) is 0.231. The molecule has 0 N–H and O–H groups in total. The maximum Gasteiger partial charge on any atom is 0.243 e. The summed E-state index contributed by atoms with van der Waals surface area (Å²) in [7, 11) is -3.51. The molecule has 0 saturated carbocycles. The van der Waals surface area contributed by atoms with Crippen LogP contribution in [0.15, 0.2) is 77.7 Å². The molecule has 0 amide bonds. The zero-order valence-electron chi connectivity index (χ0n) is 18.8. The summed E-state index contributed by atoms with van der Waals surface area (Å²) >= 11 is 0. The maximum absolute atomic E-state index is 13.2. The number of piperazine rings is 1. The molecule has 1 aliphatic heterocycles. The van der Waals surface area contributed by atoms with Crippen LogP contribution in [0.3, 0.4) is 0 Å². The lowest BCUT2D eigenvalue weighted by atomic mass is 10.0. The number of rotatable bonds is 4. The zero-order valence-corrected chi connectivity index (χ0v) is 19.6. The second kappa shape index (κ2) is 8.57. The van der Waals surface area contributed by atoms with Gasteiger partial charge in [-0.3, -0.25) is 0 Å². The highest BCUT2D eigenvalue weighted by molar-refractivity contribution is 7.89. The molecule has 0 radical (unpaired) electrons. The second-order valence-corrected chi connectivity index (χ2v) is 10.4. The van der Waals surface area contributed by atoms with E-state index in [9.17, 15) is 8.42 Å². The van der Waals surface area contributed by atoms with Crippen molar-refractivity contribution in [2.45, 2.75) is 18.7 Å². The molecule has 3 aromatic carbocycles. The first kappa shape index (κ1) is 21.6. The van der Waals surface area contributed by atoms with Crippen molar-refractivity contribution < 1.29 is 8.42 Å². The van der Waals surface area contributed by atoms with E-state index in [2.05, 4.69) is 39.4 Å². The summed E-state index contributed by atoms with van der Waals surface area (Å²) < 4.78 is 27.9. The molecule has 4 aromatic rings. The Labute approximate surface area is 194 Å². The number of benzene rings is 3. The minimum absolute atomic E-state index is 0.390. The highest BCUT2D eigenvalue weighted by atomic mass is 32.2. The van der Waals surface area contributed by atoms with E-state index >= 15 is 0 Å². The molecule has 33 heavy (non-hydrogen) atoms. The quantitative estimate of drug-likeness (QED) is 0.453. The number of aryl methyl sites for hydroxylation is 2. The van der Waals surface area contributed by atoms with Crippen LogP contribution in [0.4, 0.5) is 5.82 Å². The Bertz CT molecular complexity index is 1400. The van der Waals surface area contributed by atoms with Crippen molar-refractivity contribution in [3.63, 3.8) is 0 Å². The van der Waals surface area contributed by atoms with Gasteiger partial charge in [-0.25, -0.2) is 8.42 Å². The van der Waals surface area contributed by atoms with Gasteiger partial charge in [-0.1, -0.05) is 60.2 Å². The number of nitrogens with zero attached hydrogens (tertiary/aromatic N) is 4. The van der Waals surface area contributed by atoms with E-state index in [1.54, 1.807) is 10.4 Å². The summed E-state index contributed by atoms with van der Waals surface area (Å²) in [5.74, 6) is 0.766. The van der Waals surface area contributed by atoms with E-state index in [0.29, 0.717) is 31.1 Å². The van der Waals surface area contributed by atoms with Gasteiger partial charge in [-0.2, -0.15) is 4.31 Å². The Morgan fingerprint density at radius 3 is 2.27 bits per heavy atom. The topological polar surface area (TPSA) is 66.4 Å². The standard InChI is InChI=1S/C26H26N4O2S/c1-19-10-12-25(20(2)18-19)33(31,32)30-16-14-29(15-17-30)26-13-11-24(27-28-26)23-9-5-7-21-6-3-4-8-22(21)23/h3-13,18H,14-17H2,1-2H3. The molecule has 0 spiro atoms. The van der Waals surface area contributed by atoms with Gasteiger partial charge >= 0.3 is 0 Å². The molecule has 7 heteroatoms. The number of sulfonamides is 1. The molecule has 1 aromatic heterocycles. The van der Waals surface area contributed by atoms with Crippen LogP contribution in [0, 0.1) is 13.8 Å². The largest absolute Gasteiger partial charge is 0.352 e. The molecule has 0 unspecified atom stereocenters. The lowest BCUT2D eigenvalue weighted by Crippen LogP contribution is -2.49. The molecular weight excluding hydrogens is 432 g/mol. The third-order valence-corrected chi connectivity index (χ3v) is 8.29. The molecular formula is C26H26N4O2S. The highest BCUT2D eigenvalue weighted by Crippen LogP contribution is 2.28. The molecule has 6 nitrogen and oxygen atoms in total. The summed E-state index contributed by atoms with van der Waals surface area (Å²) in [6, 6.07) is 23.9. The number of aromatic nitrogens is 2. The van der Waals surface area contributed by atoms with Crippen molar-refractivity contribution in [1.82, 2.24) is 14.5 Å². The Balaban J connectivity index is 1.31. The molecule has 2 heterocycles. The third kappa shape index (κ3) is 4.10. The highest BCUT2D eigenvalue weighted by Gasteiger charge is 2.30. The van der Waals surface area contributed by atoms with Gasteiger partial charge in [0.2, 0.25) is 10.0 Å². The van der Waals surface area contributed by atoms with Crippen LogP contribution in [0.1, 0.15) is 11.1 Å². The van der Waals surface area contributed by atoms with Gasteiger partial charge in [0.05, 0.1) is 10.6 Å². The third-order valence-electron chi connectivity index (χ3n) is 6.23. The molecule has 0 aliphatic carbocycles. The fourth-order valence-corrected chi connectivity index (χ4v) is 6.10. The summed E-state index contributed by atoms with van der Waals surface area (Å²) in [5.41, 5.74) is 3.72. The van der Waals surface area contributed by atoms with Crippen LogP contribution in [0.5, 0.6) is 0 Å². The first-order valence-corrected chi connectivity index (χ1v) is 12.5. The lowest BCUT2D eigenvalue weighted by Gasteiger charge is -2.34. The van der Waals surface area contributed by atoms with Crippen molar-refractivity contribution in [2.75, 3.05) is 31.1 Å². The molecule has 0 atom stereocenters. The van der Waals surface area contributed by atoms with Gasteiger partial charge in [0, 0.05) is 31.7 Å². The monoisotopic (exact) mass is 458 g/mol. The van der Waals surface area contributed by atoms with E-state index in [1.807, 2.05) is 56.3 Å². The van der Waals surface area contributed by atoms with Gasteiger partial charge in [0.15, 0.2) is 5.82 Å². The van der Waals surface area contributed by atoms with Crippen molar-refractivity contribution in [2.24, 2.45) is 0 Å². The zero-order chi connectivity index (χ0) is 23.0. The van der Waals surface area contributed by atoms with Gasteiger partial charge in [-0.05, 0) is 48.4 Å². The fourth-order valence-electron chi connectivity index (χ4n) is 4.47. The number of hydrogen-bond acceptors (Lipinski definition) is 5. The van der Waals surface area contributed by atoms with Crippen molar-refractivity contribution in [3.8, 4) is 11.3 Å². The SMILES string of the molecule is Cc1ccc(S(=O)(=O)N2CCN(c3ccc(-c4cccc5ccccc45)nn3)CC2)c(C)c1. The Hall–Kier alpha value is -3.29. The van der Waals surface area contributed by atoms with Crippen LogP contribution in [0.2, 0.25) is 0 Å². The normalized spacial score (nSPS) is 15.2. The van der Waals surface area contributed by atoms with Crippen LogP contribution < -0.4 is 4.90 Å². The van der Waals surface area contributed by atoms with E-state index in [4.69, 9.17) is 0 Å². The number of hydrogen-bond donors (Lipinski definition) is 0. The average molecular weight is 459 g/mol. The smallest absolute Gasteiger partial charge is 0.243 e. The molecule has 1 fully saturated rings. The first-order valence-electron chi connectivity index (χ1n) is 11.1. The Kier molecular flexibility index (Phi) is 5.60. The summed E-state index contributed by atoms with van der Waals surface area (Å²) in [6.07, 6.45) is 0. The van der Waals surface area contributed by atoms with Crippen LogP contribution in [-0.4, -0.2) is 49.1 Å². The second-order valence-electron chi connectivity index (χ2n) is 8.46. The number of anilines is 1. The predicted octanol–water partition coefficient (Wildman–Crippen LogP) is 4.42. The van der Waals surface area contributed by atoms with E-state index in [-0.39, 0.29) is 0 Å². The lowest BCUT2D eigenvalue weighted by molar-refractivity contribution is 0.383. The minimum atomic E-state index is -3.51. The van der Waals surface area contributed by atoms with Crippen molar-refractivity contribution >= 4 is 26.6 Å². The average Bonchev–Trinajstić information content (AvgIpc) is 2.84. The molecule has 0 bridgehead atoms. The van der Waals surface area contributed by atoms with Crippen LogP contribution >= 0.6 is 0 Å².